The van der Waals surface area contributed by atoms with Crippen molar-refractivity contribution in [2.75, 3.05) is 7.11 Å². The molecule has 1 heterocycles. The number of methoxy groups -OCH3 is 1. The number of hydrogen-bond donors (Lipinski definition) is 1. The van der Waals surface area contributed by atoms with E-state index in [0.717, 1.165) is 31.2 Å². The van der Waals surface area contributed by atoms with E-state index in [9.17, 15) is 5.11 Å². The molecule has 0 aliphatic heterocycles. The number of aliphatic hydroxyl groups excluding tert-OH is 1. The molecule has 0 saturated heterocycles. The minimum absolute atomic E-state index is 0.359. The zero-order valence-electron chi connectivity index (χ0n) is 10.9. The summed E-state index contributed by atoms with van der Waals surface area (Å²) in [5.41, 5.74) is 0.726. The summed E-state index contributed by atoms with van der Waals surface area (Å²) in [5.74, 6) is 0. The standard InChI is InChI=1S/C14H22O3/c1-13(2)5-7-14(16-3,8-6-13)12(15)11-4-9-17-10-11/h4,9-10,12,15H,5-8H2,1-3H3. The molecular weight excluding hydrogens is 216 g/mol. The summed E-state index contributed by atoms with van der Waals surface area (Å²) in [6, 6.07) is 1.81. The number of furan rings is 1. The fraction of sp³-hybridized carbons (Fsp3) is 0.714. The SMILES string of the molecule is COC1(C(O)c2ccoc2)CCC(C)(C)CC1. The van der Waals surface area contributed by atoms with Gasteiger partial charge in [0.1, 0.15) is 6.10 Å². The van der Waals surface area contributed by atoms with Crippen molar-refractivity contribution in [1.82, 2.24) is 0 Å². The van der Waals surface area contributed by atoms with E-state index in [-0.39, 0.29) is 0 Å². The van der Waals surface area contributed by atoms with E-state index in [1.165, 1.54) is 0 Å². The molecule has 0 bridgehead atoms. The van der Waals surface area contributed by atoms with Gasteiger partial charge in [-0.1, -0.05) is 13.8 Å². The molecule has 1 aromatic heterocycles. The molecule has 2 rings (SSSR count). The summed E-state index contributed by atoms with van der Waals surface area (Å²) >= 11 is 0. The van der Waals surface area contributed by atoms with Crippen LogP contribution >= 0.6 is 0 Å². The molecule has 0 radical (unpaired) electrons. The van der Waals surface area contributed by atoms with Crippen molar-refractivity contribution in [3.63, 3.8) is 0 Å². The lowest BCUT2D eigenvalue weighted by molar-refractivity contribution is -0.138. The summed E-state index contributed by atoms with van der Waals surface area (Å²) in [7, 11) is 1.70. The maximum atomic E-state index is 10.5. The monoisotopic (exact) mass is 238 g/mol. The first-order valence-electron chi connectivity index (χ1n) is 6.24. The topological polar surface area (TPSA) is 42.6 Å². The van der Waals surface area contributed by atoms with E-state index in [1.54, 1.807) is 19.6 Å². The number of aliphatic hydroxyl groups is 1. The molecule has 1 saturated carbocycles. The Morgan fingerprint density at radius 1 is 1.29 bits per heavy atom. The molecule has 96 valence electrons. The summed E-state index contributed by atoms with van der Waals surface area (Å²) in [6.45, 7) is 4.55. The van der Waals surface area contributed by atoms with E-state index >= 15 is 0 Å². The molecule has 1 N–H and O–H groups in total. The molecule has 0 amide bonds. The van der Waals surface area contributed by atoms with Gasteiger partial charge >= 0.3 is 0 Å². The second-order valence-electron chi connectivity index (χ2n) is 5.89. The Labute approximate surface area is 103 Å². The van der Waals surface area contributed by atoms with Gasteiger partial charge in [0.25, 0.3) is 0 Å². The molecule has 1 atom stereocenters. The average molecular weight is 238 g/mol. The minimum Gasteiger partial charge on any atom is -0.472 e. The quantitative estimate of drug-likeness (QED) is 0.878. The number of ether oxygens (including phenoxy) is 1. The van der Waals surface area contributed by atoms with Gasteiger partial charge in [-0.25, -0.2) is 0 Å². The van der Waals surface area contributed by atoms with E-state index in [1.807, 2.05) is 6.07 Å². The lowest BCUT2D eigenvalue weighted by Crippen LogP contribution is -2.43. The van der Waals surface area contributed by atoms with Crippen LogP contribution in [0.1, 0.15) is 51.2 Å². The highest BCUT2D eigenvalue weighted by atomic mass is 16.5. The molecule has 1 aliphatic rings. The van der Waals surface area contributed by atoms with Crippen LogP contribution in [0.25, 0.3) is 0 Å². The van der Waals surface area contributed by atoms with Crippen molar-refractivity contribution < 1.29 is 14.3 Å². The van der Waals surface area contributed by atoms with Gasteiger partial charge in [-0.2, -0.15) is 0 Å². The number of rotatable bonds is 3. The van der Waals surface area contributed by atoms with Crippen LogP contribution in [0.5, 0.6) is 0 Å². The van der Waals surface area contributed by atoms with Gasteiger partial charge in [0.2, 0.25) is 0 Å². The smallest absolute Gasteiger partial charge is 0.111 e. The lowest BCUT2D eigenvalue weighted by Gasteiger charge is -2.45. The van der Waals surface area contributed by atoms with Crippen LogP contribution in [0.3, 0.4) is 0 Å². The van der Waals surface area contributed by atoms with Crippen LogP contribution in [0, 0.1) is 5.41 Å². The Hall–Kier alpha value is -0.800. The van der Waals surface area contributed by atoms with Gasteiger partial charge in [-0.3, -0.25) is 0 Å². The first-order chi connectivity index (χ1) is 7.99. The van der Waals surface area contributed by atoms with Crippen molar-refractivity contribution >= 4 is 0 Å². The van der Waals surface area contributed by atoms with Crippen LogP contribution < -0.4 is 0 Å². The van der Waals surface area contributed by atoms with Gasteiger partial charge in [0.15, 0.2) is 0 Å². The zero-order valence-corrected chi connectivity index (χ0v) is 10.9. The first kappa shape index (κ1) is 12.7. The molecule has 1 unspecified atom stereocenters. The van der Waals surface area contributed by atoms with E-state index in [4.69, 9.17) is 9.15 Å². The minimum atomic E-state index is -0.595. The summed E-state index contributed by atoms with van der Waals surface area (Å²) in [6.07, 6.45) is 6.54. The zero-order chi connectivity index (χ0) is 12.5. The van der Waals surface area contributed by atoms with Crippen LogP contribution in [0.2, 0.25) is 0 Å². The van der Waals surface area contributed by atoms with E-state index < -0.39 is 11.7 Å². The highest BCUT2D eigenvalue weighted by Crippen LogP contribution is 2.47. The highest BCUT2D eigenvalue weighted by Gasteiger charge is 2.44. The molecular formula is C14H22O3. The molecule has 1 fully saturated rings. The first-order valence-corrected chi connectivity index (χ1v) is 6.24. The van der Waals surface area contributed by atoms with E-state index in [0.29, 0.717) is 5.41 Å². The second kappa shape index (κ2) is 4.46. The highest BCUT2D eigenvalue weighted by molar-refractivity contribution is 5.15. The van der Waals surface area contributed by atoms with Crippen LogP contribution in [0.4, 0.5) is 0 Å². The largest absolute Gasteiger partial charge is 0.472 e. The number of hydrogen-bond acceptors (Lipinski definition) is 3. The Balaban J connectivity index is 2.16. The predicted octanol–water partition coefficient (Wildman–Crippen LogP) is 3.30. The molecule has 0 aromatic carbocycles. The predicted molar refractivity (Wildman–Crippen MR) is 65.7 cm³/mol. The van der Waals surface area contributed by atoms with Crippen molar-refractivity contribution in [1.29, 1.82) is 0 Å². The molecule has 17 heavy (non-hydrogen) atoms. The van der Waals surface area contributed by atoms with Crippen molar-refractivity contribution in [2.45, 2.75) is 51.2 Å². The summed E-state index contributed by atoms with van der Waals surface area (Å²) < 4.78 is 10.7. The van der Waals surface area contributed by atoms with Crippen molar-refractivity contribution in [2.24, 2.45) is 5.41 Å². The fourth-order valence-corrected chi connectivity index (χ4v) is 2.67. The maximum Gasteiger partial charge on any atom is 0.111 e. The molecule has 3 nitrogen and oxygen atoms in total. The van der Waals surface area contributed by atoms with Gasteiger partial charge in [-0.15, -0.1) is 0 Å². The molecule has 1 aromatic rings. The van der Waals surface area contributed by atoms with Crippen molar-refractivity contribution in [3.8, 4) is 0 Å². The van der Waals surface area contributed by atoms with E-state index in [2.05, 4.69) is 13.8 Å². The molecule has 0 spiro atoms. The Kier molecular flexibility index (Phi) is 3.32. The van der Waals surface area contributed by atoms with Crippen LogP contribution in [0.15, 0.2) is 23.0 Å². The lowest BCUT2D eigenvalue weighted by atomic mass is 9.68. The van der Waals surface area contributed by atoms with Crippen molar-refractivity contribution in [3.05, 3.63) is 24.2 Å². The molecule has 3 heteroatoms. The van der Waals surface area contributed by atoms with Crippen LogP contribution in [-0.2, 0) is 4.74 Å². The average Bonchev–Trinajstić information content (AvgIpc) is 2.82. The third-order valence-electron chi connectivity index (χ3n) is 4.21. The Morgan fingerprint density at radius 3 is 2.41 bits per heavy atom. The van der Waals surface area contributed by atoms with Gasteiger partial charge in [0, 0.05) is 12.7 Å². The Morgan fingerprint density at radius 2 is 1.94 bits per heavy atom. The fourth-order valence-electron chi connectivity index (χ4n) is 2.67. The normalized spacial score (nSPS) is 24.5. The summed E-state index contributed by atoms with van der Waals surface area (Å²) in [5, 5.41) is 10.5. The van der Waals surface area contributed by atoms with Crippen LogP contribution in [-0.4, -0.2) is 17.8 Å². The second-order valence-corrected chi connectivity index (χ2v) is 5.89. The maximum absolute atomic E-state index is 10.5. The summed E-state index contributed by atoms with van der Waals surface area (Å²) in [4.78, 5) is 0. The molecule has 1 aliphatic carbocycles. The van der Waals surface area contributed by atoms with Gasteiger partial charge in [0.05, 0.1) is 18.1 Å². The van der Waals surface area contributed by atoms with Gasteiger partial charge < -0.3 is 14.3 Å². The van der Waals surface area contributed by atoms with Gasteiger partial charge in [-0.05, 0) is 37.2 Å². The third kappa shape index (κ3) is 2.40. The Bertz CT molecular complexity index is 344. The third-order valence-corrected chi connectivity index (χ3v) is 4.21.